The van der Waals surface area contributed by atoms with Gasteiger partial charge in [0, 0.05) is 25.7 Å². The number of aliphatic hydroxyl groups is 1. The highest BCUT2D eigenvalue weighted by Gasteiger charge is 2.20. The highest BCUT2D eigenvalue weighted by molar-refractivity contribution is 7.14. The van der Waals surface area contributed by atoms with E-state index in [1.165, 1.54) is 5.00 Å². The normalized spacial score (nSPS) is 15.9. The largest absolute Gasteiger partial charge is 0.392 e. The van der Waals surface area contributed by atoms with Crippen molar-refractivity contribution in [1.29, 1.82) is 0 Å². The topological polar surface area (TPSA) is 59.9 Å². The number of aliphatic hydroxyl groups excluding tert-OH is 1. The summed E-state index contributed by atoms with van der Waals surface area (Å²) >= 11 is 1.81. The molecule has 0 unspecified atom stereocenters. The molecule has 0 amide bonds. The second-order valence-electron chi connectivity index (χ2n) is 6.48. The molecule has 3 N–H and O–H groups in total. The van der Waals surface area contributed by atoms with E-state index in [1.807, 2.05) is 35.6 Å². The first-order valence-corrected chi connectivity index (χ1v) is 10.2. The molecule has 0 atom stereocenters. The standard InChI is InChI=1S/C20H28N4OS/c1-2-21-20(22-14-16-6-3-4-7-17(16)15-25)23-18-9-11-24(12-10-18)19-8-5-13-26-19/h3-8,13,18,25H,2,9-12,14-15H2,1H3,(H2,21,22,23). The molecule has 1 aromatic heterocycles. The van der Waals surface area contributed by atoms with Gasteiger partial charge in [0.05, 0.1) is 18.2 Å². The van der Waals surface area contributed by atoms with E-state index in [2.05, 4.69) is 40.0 Å². The summed E-state index contributed by atoms with van der Waals surface area (Å²) in [4.78, 5) is 7.19. The quantitative estimate of drug-likeness (QED) is 0.539. The van der Waals surface area contributed by atoms with Crippen molar-refractivity contribution in [3.63, 3.8) is 0 Å². The number of benzene rings is 1. The zero-order valence-electron chi connectivity index (χ0n) is 15.3. The van der Waals surface area contributed by atoms with E-state index in [4.69, 9.17) is 4.99 Å². The van der Waals surface area contributed by atoms with E-state index >= 15 is 0 Å². The average molecular weight is 373 g/mol. The highest BCUT2D eigenvalue weighted by atomic mass is 32.1. The Hall–Kier alpha value is -2.05. The summed E-state index contributed by atoms with van der Waals surface area (Å²) in [7, 11) is 0. The minimum absolute atomic E-state index is 0.0524. The molecule has 140 valence electrons. The molecule has 2 aromatic rings. The van der Waals surface area contributed by atoms with Crippen LogP contribution in [0.25, 0.3) is 0 Å². The summed E-state index contributed by atoms with van der Waals surface area (Å²) in [6, 6.07) is 12.7. The maximum Gasteiger partial charge on any atom is 0.191 e. The molecule has 26 heavy (non-hydrogen) atoms. The monoisotopic (exact) mass is 372 g/mol. The molecular formula is C20H28N4OS. The lowest BCUT2D eigenvalue weighted by atomic mass is 10.1. The van der Waals surface area contributed by atoms with Gasteiger partial charge in [0.15, 0.2) is 5.96 Å². The van der Waals surface area contributed by atoms with Gasteiger partial charge in [-0.15, -0.1) is 11.3 Å². The molecule has 6 heteroatoms. The number of guanidine groups is 1. The number of anilines is 1. The molecule has 1 saturated heterocycles. The number of aliphatic imine (C=N–C) groups is 1. The minimum atomic E-state index is 0.0524. The van der Waals surface area contributed by atoms with Crippen LogP contribution in [0.1, 0.15) is 30.9 Å². The predicted molar refractivity (Wildman–Crippen MR) is 110 cm³/mol. The van der Waals surface area contributed by atoms with Gasteiger partial charge in [-0.25, -0.2) is 4.99 Å². The summed E-state index contributed by atoms with van der Waals surface area (Å²) in [5.41, 5.74) is 2.01. The van der Waals surface area contributed by atoms with Crippen LogP contribution in [-0.4, -0.2) is 36.7 Å². The van der Waals surface area contributed by atoms with Crippen LogP contribution in [0.4, 0.5) is 5.00 Å². The summed E-state index contributed by atoms with van der Waals surface area (Å²) < 4.78 is 0. The van der Waals surface area contributed by atoms with Crippen LogP contribution in [0.5, 0.6) is 0 Å². The maximum absolute atomic E-state index is 9.47. The molecular weight excluding hydrogens is 344 g/mol. The summed E-state index contributed by atoms with van der Waals surface area (Å²) in [6.07, 6.45) is 2.21. The van der Waals surface area contributed by atoms with Gasteiger partial charge in [-0.3, -0.25) is 0 Å². The highest BCUT2D eigenvalue weighted by Crippen LogP contribution is 2.24. The Morgan fingerprint density at radius 2 is 1.96 bits per heavy atom. The van der Waals surface area contributed by atoms with E-state index in [0.29, 0.717) is 12.6 Å². The molecule has 0 saturated carbocycles. The molecule has 1 aliphatic rings. The van der Waals surface area contributed by atoms with Crippen LogP contribution < -0.4 is 15.5 Å². The summed E-state index contributed by atoms with van der Waals surface area (Å²) in [5.74, 6) is 0.856. The van der Waals surface area contributed by atoms with Crippen LogP contribution in [-0.2, 0) is 13.2 Å². The Morgan fingerprint density at radius 3 is 2.62 bits per heavy atom. The first-order valence-electron chi connectivity index (χ1n) is 9.31. The zero-order valence-corrected chi connectivity index (χ0v) is 16.1. The van der Waals surface area contributed by atoms with Crippen molar-refractivity contribution < 1.29 is 5.11 Å². The summed E-state index contributed by atoms with van der Waals surface area (Å²) in [6.45, 7) is 5.69. The number of nitrogens with zero attached hydrogens (tertiary/aromatic N) is 2. The van der Waals surface area contributed by atoms with Gasteiger partial charge in [0.25, 0.3) is 0 Å². The fourth-order valence-electron chi connectivity index (χ4n) is 3.24. The molecule has 0 spiro atoms. The lowest BCUT2D eigenvalue weighted by molar-refractivity contribution is 0.280. The van der Waals surface area contributed by atoms with Gasteiger partial charge in [0.2, 0.25) is 0 Å². The maximum atomic E-state index is 9.47. The number of hydrogen-bond acceptors (Lipinski definition) is 4. The Kier molecular flexibility index (Phi) is 6.91. The Labute approximate surface area is 159 Å². The molecule has 0 radical (unpaired) electrons. The molecule has 1 aromatic carbocycles. The smallest absolute Gasteiger partial charge is 0.191 e. The third-order valence-corrected chi connectivity index (χ3v) is 5.62. The van der Waals surface area contributed by atoms with Crippen LogP contribution in [0.3, 0.4) is 0 Å². The molecule has 0 aliphatic carbocycles. The van der Waals surface area contributed by atoms with Crippen molar-refractivity contribution in [3.8, 4) is 0 Å². The Balaban J connectivity index is 1.56. The number of nitrogens with one attached hydrogen (secondary N) is 2. The van der Waals surface area contributed by atoms with Crippen LogP contribution in [0.2, 0.25) is 0 Å². The predicted octanol–water partition coefficient (Wildman–Crippen LogP) is 2.96. The van der Waals surface area contributed by atoms with Crippen molar-refractivity contribution >= 4 is 22.3 Å². The third-order valence-electron chi connectivity index (χ3n) is 4.69. The van der Waals surface area contributed by atoms with E-state index < -0.39 is 0 Å². The van der Waals surface area contributed by atoms with Gasteiger partial charge in [-0.05, 0) is 48.4 Å². The van der Waals surface area contributed by atoms with Crippen molar-refractivity contribution in [2.24, 2.45) is 4.99 Å². The van der Waals surface area contributed by atoms with Crippen molar-refractivity contribution in [3.05, 3.63) is 52.9 Å². The number of rotatable bonds is 6. The van der Waals surface area contributed by atoms with Crippen molar-refractivity contribution in [2.45, 2.75) is 39.0 Å². The second-order valence-corrected chi connectivity index (χ2v) is 7.41. The van der Waals surface area contributed by atoms with Crippen molar-refractivity contribution in [2.75, 3.05) is 24.5 Å². The molecule has 1 aliphatic heterocycles. The number of hydrogen-bond donors (Lipinski definition) is 3. The number of piperidine rings is 1. The molecule has 0 bridgehead atoms. The molecule has 1 fully saturated rings. The third kappa shape index (κ3) is 4.99. The van der Waals surface area contributed by atoms with Gasteiger partial charge < -0.3 is 20.6 Å². The number of thiophene rings is 1. The van der Waals surface area contributed by atoms with Crippen LogP contribution in [0, 0.1) is 0 Å². The Bertz CT molecular complexity index is 694. The fourth-order valence-corrected chi connectivity index (χ4v) is 4.02. The van der Waals surface area contributed by atoms with Crippen LogP contribution >= 0.6 is 11.3 Å². The van der Waals surface area contributed by atoms with Crippen LogP contribution in [0.15, 0.2) is 46.8 Å². The van der Waals surface area contributed by atoms with Gasteiger partial charge >= 0.3 is 0 Å². The van der Waals surface area contributed by atoms with E-state index in [1.54, 1.807) is 0 Å². The summed E-state index contributed by atoms with van der Waals surface area (Å²) in [5, 5.41) is 19.9. The first-order chi connectivity index (χ1) is 12.8. The van der Waals surface area contributed by atoms with Gasteiger partial charge in [0.1, 0.15) is 0 Å². The van der Waals surface area contributed by atoms with Gasteiger partial charge in [-0.2, -0.15) is 0 Å². The molecule has 5 nitrogen and oxygen atoms in total. The van der Waals surface area contributed by atoms with Gasteiger partial charge in [-0.1, -0.05) is 24.3 Å². The SMILES string of the molecule is CCNC(=NCc1ccccc1CO)NC1CCN(c2cccs2)CC1. The molecule has 3 rings (SSSR count). The lowest BCUT2D eigenvalue weighted by Gasteiger charge is -2.33. The zero-order chi connectivity index (χ0) is 18.2. The lowest BCUT2D eigenvalue weighted by Crippen LogP contribution is -2.48. The van der Waals surface area contributed by atoms with Crippen molar-refractivity contribution in [1.82, 2.24) is 10.6 Å². The Morgan fingerprint density at radius 1 is 1.19 bits per heavy atom. The first kappa shape index (κ1) is 18.7. The van der Waals surface area contributed by atoms with E-state index in [9.17, 15) is 5.11 Å². The van der Waals surface area contributed by atoms with E-state index in [-0.39, 0.29) is 6.61 Å². The average Bonchev–Trinajstić information content (AvgIpc) is 3.22. The van der Waals surface area contributed by atoms with E-state index in [0.717, 1.165) is 49.6 Å². The molecule has 2 heterocycles. The fraction of sp³-hybridized carbons (Fsp3) is 0.450. The second kappa shape index (κ2) is 9.59. The minimum Gasteiger partial charge on any atom is -0.392 e.